The van der Waals surface area contributed by atoms with Crippen molar-refractivity contribution in [2.75, 3.05) is 14.2 Å². The van der Waals surface area contributed by atoms with E-state index in [0.29, 0.717) is 17.1 Å². The Kier molecular flexibility index (Phi) is 3.74. The van der Waals surface area contributed by atoms with Crippen LogP contribution in [0, 0.1) is 3.57 Å². The monoisotopic (exact) mass is 306 g/mol. The molecule has 0 saturated heterocycles. The number of halogens is 1. The summed E-state index contributed by atoms with van der Waals surface area (Å²) in [6.45, 7) is 1.53. The smallest absolute Gasteiger partial charge is 0.174 e. The number of carbonyl (C=O) groups excluding carboxylic acids is 1. The third-order valence-electron chi connectivity index (χ3n) is 1.86. The number of benzene rings is 1. The van der Waals surface area contributed by atoms with E-state index in [1.54, 1.807) is 26.4 Å². The normalized spacial score (nSPS) is 9.71. The minimum absolute atomic E-state index is 0.0235. The molecule has 0 bridgehead atoms. The molecule has 0 saturated carbocycles. The molecule has 4 heteroatoms. The average molecular weight is 306 g/mol. The molecule has 0 aromatic heterocycles. The second kappa shape index (κ2) is 4.63. The van der Waals surface area contributed by atoms with Gasteiger partial charge in [0, 0.05) is 5.56 Å². The van der Waals surface area contributed by atoms with Crippen LogP contribution >= 0.6 is 22.6 Å². The van der Waals surface area contributed by atoms with Gasteiger partial charge in [-0.15, -0.1) is 0 Å². The van der Waals surface area contributed by atoms with Crippen LogP contribution in [0.25, 0.3) is 0 Å². The first-order valence-electron chi connectivity index (χ1n) is 4.03. The summed E-state index contributed by atoms with van der Waals surface area (Å²) in [6, 6.07) is 3.48. The molecule has 1 aromatic rings. The van der Waals surface area contributed by atoms with Gasteiger partial charge in [-0.3, -0.25) is 4.79 Å². The van der Waals surface area contributed by atoms with Gasteiger partial charge in [-0.1, -0.05) is 0 Å². The van der Waals surface area contributed by atoms with Gasteiger partial charge < -0.3 is 9.47 Å². The lowest BCUT2D eigenvalue weighted by molar-refractivity contribution is 0.101. The first-order valence-corrected chi connectivity index (χ1v) is 5.11. The molecule has 0 aliphatic carbocycles. The van der Waals surface area contributed by atoms with Crippen molar-refractivity contribution in [1.82, 2.24) is 0 Å². The Hall–Kier alpha value is -0.780. The zero-order valence-corrected chi connectivity index (χ0v) is 10.4. The number of methoxy groups -OCH3 is 2. The van der Waals surface area contributed by atoms with Crippen LogP contribution in [0.2, 0.25) is 0 Å². The number of Topliss-reactive ketones (excluding diaryl/α,β-unsaturated/α-hetero) is 1. The van der Waals surface area contributed by atoms with E-state index in [2.05, 4.69) is 22.6 Å². The summed E-state index contributed by atoms with van der Waals surface area (Å²) in [6.07, 6.45) is 0. The summed E-state index contributed by atoms with van der Waals surface area (Å²) in [5.74, 6) is 1.28. The van der Waals surface area contributed by atoms with E-state index >= 15 is 0 Å². The SMILES string of the molecule is COc1ccc(C(C)=O)c(I)c1OC. The number of ketones is 1. The van der Waals surface area contributed by atoms with Gasteiger partial charge in [0.15, 0.2) is 17.3 Å². The molecule has 0 radical (unpaired) electrons. The van der Waals surface area contributed by atoms with Gasteiger partial charge >= 0.3 is 0 Å². The highest BCUT2D eigenvalue weighted by atomic mass is 127. The molecule has 3 nitrogen and oxygen atoms in total. The van der Waals surface area contributed by atoms with E-state index in [0.717, 1.165) is 3.57 Å². The fraction of sp³-hybridized carbons (Fsp3) is 0.300. The van der Waals surface area contributed by atoms with Crippen molar-refractivity contribution >= 4 is 28.4 Å². The van der Waals surface area contributed by atoms with Crippen LogP contribution in [0.5, 0.6) is 11.5 Å². The van der Waals surface area contributed by atoms with Crippen molar-refractivity contribution < 1.29 is 14.3 Å². The lowest BCUT2D eigenvalue weighted by atomic mass is 10.1. The van der Waals surface area contributed by atoms with Crippen LogP contribution in [-0.2, 0) is 0 Å². The summed E-state index contributed by atoms with van der Waals surface area (Å²) in [4.78, 5) is 11.2. The molecule has 14 heavy (non-hydrogen) atoms. The van der Waals surface area contributed by atoms with Gasteiger partial charge in [-0.2, -0.15) is 0 Å². The van der Waals surface area contributed by atoms with Gasteiger partial charge in [0.05, 0.1) is 17.8 Å². The predicted molar refractivity (Wildman–Crippen MR) is 62.3 cm³/mol. The van der Waals surface area contributed by atoms with Gasteiger partial charge in [0.25, 0.3) is 0 Å². The first kappa shape index (κ1) is 11.3. The quantitative estimate of drug-likeness (QED) is 0.636. The Labute approximate surface area is 96.5 Å². The lowest BCUT2D eigenvalue weighted by Gasteiger charge is -2.11. The molecule has 0 aliphatic heterocycles. The van der Waals surface area contributed by atoms with Crippen LogP contribution in [0.1, 0.15) is 17.3 Å². The van der Waals surface area contributed by atoms with Crippen LogP contribution in [0.15, 0.2) is 12.1 Å². The average Bonchev–Trinajstić information content (AvgIpc) is 2.16. The number of rotatable bonds is 3. The van der Waals surface area contributed by atoms with E-state index in [1.165, 1.54) is 6.92 Å². The number of hydrogen-bond donors (Lipinski definition) is 0. The van der Waals surface area contributed by atoms with Crippen LogP contribution in [0.3, 0.4) is 0 Å². The predicted octanol–water partition coefficient (Wildman–Crippen LogP) is 2.51. The third-order valence-corrected chi connectivity index (χ3v) is 2.94. The number of ether oxygens (including phenoxy) is 2. The standard InChI is InChI=1S/C10H11IO3/c1-6(12)7-4-5-8(13-2)10(14-3)9(7)11/h4-5H,1-3H3. The number of hydrogen-bond acceptors (Lipinski definition) is 3. The summed E-state index contributed by atoms with van der Waals surface area (Å²) >= 11 is 2.08. The van der Waals surface area contributed by atoms with Crippen LogP contribution < -0.4 is 9.47 Å². The summed E-state index contributed by atoms with van der Waals surface area (Å²) in [5.41, 5.74) is 0.656. The van der Waals surface area contributed by atoms with E-state index in [-0.39, 0.29) is 5.78 Å². The van der Waals surface area contributed by atoms with Crippen molar-refractivity contribution in [3.05, 3.63) is 21.3 Å². The van der Waals surface area contributed by atoms with Gasteiger partial charge in [0.2, 0.25) is 0 Å². The summed E-state index contributed by atoms with van der Waals surface area (Å²) < 4.78 is 11.1. The molecule has 0 fully saturated rings. The van der Waals surface area contributed by atoms with Crippen LogP contribution in [-0.4, -0.2) is 20.0 Å². The highest BCUT2D eigenvalue weighted by molar-refractivity contribution is 14.1. The molecular weight excluding hydrogens is 295 g/mol. The maximum absolute atomic E-state index is 11.2. The molecule has 0 spiro atoms. The molecule has 0 N–H and O–H groups in total. The largest absolute Gasteiger partial charge is 0.493 e. The fourth-order valence-electron chi connectivity index (χ4n) is 1.16. The second-order valence-electron chi connectivity index (χ2n) is 2.72. The fourth-order valence-corrected chi connectivity index (χ4v) is 2.21. The van der Waals surface area contributed by atoms with E-state index < -0.39 is 0 Å². The molecular formula is C10H11IO3. The van der Waals surface area contributed by atoms with Gasteiger partial charge in [0.1, 0.15) is 0 Å². The maximum atomic E-state index is 11.2. The van der Waals surface area contributed by atoms with Crippen LogP contribution in [0.4, 0.5) is 0 Å². The van der Waals surface area contributed by atoms with Crippen molar-refractivity contribution in [3.8, 4) is 11.5 Å². The minimum atomic E-state index is 0.0235. The molecule has 0 heterocycles. The van der Waals surface area contributed by atoms with Gasteiger partial charge in [-0.25, -0.2) is 0 Å². The third kappa shape index (κ3) is 2.00. The molecule has 0 atom stereocenters. The minimum Gasteiger partial charge on any atom is -0.493 e. The molecule has 0 aliphatic rings. The Balaban J connectivity index is 3.34. The Morgan fingerprint density at radius 2 is 1.93 bits per heavy atom. The lowest BCUT2D eigenvalue weighted by Crippen LogP contribution is -2.00. The second-order valence-corrected chi connectivity index (χ2v) is 3.80. The summed E-state index contributed by atoms with van der Waals surface area (Å²) in [5, 5.41) is 0. The Bertz CT molecular complexity index is 361. The highest BCUT2D eigenvalue weighted by Gasteiger charge is 2.14. The molecule has 1 rings (SSSR count). The Morgan fingerprint density at radius 1 is 1.29 bits per heavy atom. The topological polar surface area (TPSA) is 35.5 Å². The van der Waals surface area contributed by atoms with E-state index in [9.17, 15) is 4.79 Å². The van der Waals surface area contributed by atoms with E-state index in [4.69, 9.17) is 9.47 Å². The molecule has 0 unspecified atom stereocenters. The van der Waals surface area contributed by atoms with E-state index in [1.807, 2.05) is 0 Å². The zero-order valence-electron chi connectivity index (χ0n) is 8.26. The first-order chi connectivity index (χ1) is 6.61. The van der Waals surface area contributed by atoms with Crippen molar-refractivity contribution in [3.63, 3.8) is 0 Å². The highest BCUT2D eigenvalue weighted by Crippen LogP contribution is 2.34. The zero-order chi connectivity index (χ0) is 10.7. The van der Waals surface area contributed by atoms with Gasteiger partial charge in [-0.05, 0) is 41.6 Å². The Morgan fingerprint density at radius 3 is 2.36 bits per heavy atom. The molecule has 1 aromatic carbocycles. The number of carbonyl (C=O) groups is 1. The summed E-state index contributed by atoms with van der Waals surface area (Å²) in [7, 11) is 3.13. The van der Waals surface area contributed by atoms with Crippen molar-refractivity contribution in [2.45, 2.75) is 6.92 Å². The van der Waals surface area contributed by atoms with Crippen molar-refractivity contribution in [1.29, 1.82) is 0 Å². The molecule has 76 valence electrons. The maximum Gasteiger partial charge on any atom is 0.174 e. The molecule has 0 amide bonds. The van der Waals surface area contributed by atoms with Crippen molar-refractivity contribution in [2.24, 2.45) is 0 Å².